The van der Waals surface area contributed by atoms with Gasteiger partial charge >= 0.3 is 0 Å². The van der Waals surface area contributed by atoms with Crippen LogP contribution >= 0.6 is 0 Å². The fraction of sp³-hybridized carbons (Fsp3) is 0.450. The summed E-state index contributed by atoms with van der Waals surface area (Å²) in [6.45, 7) is 10.7. The van der Waals surface area contributed by atoms with Gasteiger partial charge in [0.25, 0.3) is 5.56 Å². The summed E-state index contributed by atoms with van der Waals surface area (Å²) in [5, 5.41) is 9.98. The number of hydrogen-bond acceptors (Lipinski definition) is 4. The molecule has 0 aliphatic heterocycles. The van der Waals surface area contributed by atoms with Crippen LogP contribution in [-0.2, 0) is 12.1 Å². The standard InChI is InChI=1S/C20H26N4O2/c1-13(2)17-16-11-21-24(20(3,4)5)18(16)19(25)23(22-17)12-14-8-7-9-15(10-14)26-6/h7-11,13H,12H2,1-6H3. The third-order valence-corrected chi connectivity index (χ3v) is 4.36. The number of aromatic nitrogens is 4. The molecule has 0 radical (unpaired) electrons. The van der Waals surface area contributed by atoms with Crippen molar-refractivity contribution in [2.75, 3.05) is 7.11 Å². The highest BCUT2D eigenvalue weighted by molar-refractivity contribution is 5.80. The highest BCUT2D eigenvalue weighted by Crippen LogP contribution is 2.25. The van der Waals surface area contributed by atoms with Gasteiger partial charge < -0.3 is 4.74 Å². The Hall–Kier alpha value is -2.63. The molecular formula is C20H26N4O2. The molecule has 0 fully saturated rings. The molecule has 2 heterocycles. The van der Waals surface area contributed by atoms with Crippen LogP contribution in [0, 0.1) is 0 Å². The molecule has 3 rings (SSSR count). The number of benzene rings is 1. The van der Waals surface area contributed by atoms with Crippen molar-refractivity contribution in [1.82, 2.24) is 19.6 Å². The first kappa shape index (κ1) is 18.2. The van der Waals surface area contributed by atoms with E-state index in [2.05, 4.69) is 24.0 Å². The summed E-state index contributed by atoms with van der Waals surface area (Å²) in [5.74, 6) is 0.952. The molecule has 26 heavy (non-hydrogen) atoms. The summed E-state index contributed by atoms with van der Waals surface area (Å²) in [6.07, 6.45) is 1.76. The number of fused-ring (bicyclic) bond motifs is 1. The highest BCUT2D eigenvalue weighted by Gasteiger charge is 2.23. The molecule has 1 aromatic carbocycles. The van der Waals surface area contributed by atoms with Gasteiger partial charge in [-0.25, -0.2) is 4.68 Å². The predicted molar refractivity (Wildman–Crippen MR) is 103 cm³/mol. The summed E-state index contributed by atoms with van der Waals surface area (Å²) in [6, 6.07) is 7.70. The minimum Gasteiger partial charge on any atom is -0.497 e. The van der Waals surface area contributed by atoms with Gasteiger partial charge in [-0.3, -0.25) is 9.48 Å². The first-order valence-corrected chi connectivity index (χ1v) is 8.84. The van der Waals surface area contributed by atoms with E-state index in [1.165, 1.54) is 4.68 Å². The van der Waals surface area contributed by atoms with Gasteiger partial charge in [0.15, 0.2) is 0 Å². The molecule has 138 valence electrons. The van der Waals surface area contributed by atoms with Crippen molar-refractivity contribution in [2.45, 2.75) is 52.6 Å². The Kier molecular flexibility index (Phi) is 4.61. The molecule has 6 heteroatoms. The molecule has 0 aliphatic rings. The predicted octanol–water partition coefficient (Wildman–Crippen LogP) is 3.53. The molecule has 0 amide bonds. The zero-order chi connectivity index (χ0) is 19.1. The lowest BCUT2D eigenvalue weighted by atomic mass is 10.1. The van der Waals surface area contributed by atoms with Crippen molar-refractivity contribution < 1.29 is 4.74 Å². The quantitative estimate of drug-likeness (QED) is 0.719. The molecule has 0 bridgehead atoms. The molecule has 0 N–H and O–H groups in total. The largest absolute Gasteiger partial charge is 0.497 e. The van der Waals surface area contributed by atoms with Gasteiger partial charge in [-0.15, -0.1) is 0 Å². The van der Waals surface area contributed by atoms with Gasteiger partial charge in [-0.05, 0) is 44.4 Å². The van der Waals surface area contributed by atoms with Crippen molar-refractivity contribution in [2.24, 2.45) is 0 Å². The van der Waals surface area contributed by atoms with Crippen LogP contribution in [0.2, 0.25) is 0 Å². The number of hydrogen-bond donors (Lipinski definition) is 0. The third kappa shape index (κ3) is 3.23. The minimum atomic E-state index is -0.287. The lowest BCUT2D eigenvalue weighted by Gasteiger charge is -2.21. The topological polar surface area (TPSA) is 61.9 Å². The van der Waals surface area contributed by atoms with Gasteiger partial charge in [0.1, 0.15) is 11.3 Å². The second-order valence-electron chi connectivity index (χ2n) is 7.84. The number of methoxy groups -OCH3 is 1. The summed E-state index contributed by atoms with van der Waals surface area (Å²) >= 11 is 0. The van der Waals surface area contributed by atoms with Gasteiger partial charge in [-0.1, -0.05) is 26.0 Å². The van der Waals surface area contributed by atoms with Crippen LogP contribution in [0.5, 0.6) is 5.75 Å². The van der Waals surface area contributed by atoms with Gasteiger partial charge in [0, 0.05) is 5.39 Å². The van der Waals surface area contributed by atoms with Crippen molar-refractivity contribution >= 4 is 10.9 Å². The molecule has 3 aromatic rings. The molecule has 0 saturated heterocycles. The van der Waals surface area contributed by atoms with E-state index in [-0.39, 0.29) is 17.0 Å². The second kappa shape index (κ2) is 6.59. The first-order valence-electron chi connectivity index (χ1n) is 8.84. The average molecular weight is 354 g/mol. The number of rotatable bonds is 4. The van der Waals surface area contributed by atoms with Crippen molar-refractivity contribution in [3.05, 3.63) is 52.1 Å². The van der Waals surface area contributed by atoms with E-state index in [1.807, 2.05) is 45.0 Å². The zero-order valence-electron chi connectivity index (χ0n) is 16.3. The minimum absolute atomic E-state index is 0.125. The zero-order valence-corrected chi connectivity index (χ0v) is 16.3. The van der Waals surface area contributed by atoms with Crippen LogP contribution in [0.15, 0.2) is 35.3 Å². The van der Waals surface area contributed by atoms with E-state index in [0.717, 1.165) is 22.4 Å². The molecule has 0 saturated carbocycles. The van der Waals surface area contributed by atoms with Crippen LogP contribution in [0.4, 0.5) is 0 Å². The highest BCUT2D eigenvalue weighted by atomic mass is 16.5. The Labute approximate surface area is 153 Å². The molecule has 6 nitrogen and oxygen atoms in total. The van der Waals surface area contributed by atoms with Gasteiger partial charge in [0.2, 0.25) is 0 Å². The van der Waals surface area contributed by atoms with Gasteiger partial charge in [-0.2, -0.15) is 10.2 Å². The van der Waals surface area contributed by atoms with E-state index >= 15 is 0 Å². The maximum atomic E-state index is 13.2. The van der Waals surface area contributed by atoms with Crippen LogP contribution < -0.4 is 10.3 Å². The van der Waals surface area contributed by atoms with E-state index in [9.17, 15) is 4.79 Å². The summed E-state index contributed by atoms with van der Waals surface area (Å²) in [5.41, 5.74) is 2.05. The molecule has 0 unspecified atom stereocenters. The Morgan fingerprint density at radius 2 is 1.96 bits per heavy atom. The van der Waals surface area contributed by atoms with Crippen LogP contribution in [0.1, 0.15) is 51.8 Å². The fourth-order valence-corrected chi connectivity index (χ4v) is 3.08. The van der Waals surface area contributed by atoms with Gasteiger partial charge in [0.05, 0.1) is 31.1 Å². The summed E-state index contributed by atoms with van der Waals surface area (Å²) in [4.78, 5) is 13.2. The molecule has 0 spiro atoms. The molecular weight excluding hydrogens is 328 g/mol. The van der Waals surface area contributed by atoms with Crippen molar-refractivity contribution in [3.63, 3.8) is 0 Å². The normalized spacial score (nSPS) is 12.1. The Morgan fingerprint density at radius 3 is 2.58 bits per heavy atom. The monoisotopic (exact) mass is 354 g/mol. The lowest BCUT2D eigenvalue weighted by Crippen LogP contribution is -2.31. The van der Waals surface area contributed by atoms with Crippen LogP contribution in [0.25, 0.3) is 10.9 Å². The molecule has 0 atom stereocenters. The van der Waals surface area contributed by atoms with Crippen LogP contribution in [-0.4, -0.2) is 26.7 Å². The Bertz CT molecular complexity index is 993. The van der Waals surface area contributed by atoms with E-state index in [4.69, 9.17) is 4.74 Å². The van der Waals surface area contributed by atoms with E-state index < -0.39 is 0 Å². The van der Waals surface area contributed by atoms with E-state index in [0.29, 0.717) is 12.1 Å². The third-order valence-electron chi connectivity index (χ3n) is 4.36. The second-order valence-corrected chi connectivity index (χ2v) is 7.84. The Balaban J connectivity index is 2.22. The first-order chi connectivity index (χ1) is 12.2. The Morgan fingerprint density at radius 1 is 1.23 bits per heavy atom. The molecule has 2 aromatic heterocycles. The lowest BCUT2D eigenvalue weighted by molar-refractivity contribution is 0.366. The summed E-state index contributed by atoms with van der Waals surface area (Å²) < 4.78 is 8.63. The summed E-state index contributed by atoms with van der Waals surface area (Å²) in [7, 11) is 1.63. The average Bonchev–Trinajstić information content (AvgIpc) is 3.03. The number of ether oxygens (including phenoxy) is 1. The fourth-order valence-electron chi connectivity index (χ4n) is 3.08. The maximum absolute atomic E-state index is 13.2. The van der Waals surface area contributed by atoms with E-state index in [1.54, 1.807) is 18.0 Å². The maximum Gasteiger partial charge on any atom is 0.293 e. The smallest absolute Gasteiger partial charge is 0.293 e. The van der Waals surface area contributed by atoms with Crippen molar-refractivity contribution in [1.29, 1.82) is 0 Å². The molecule has 0 aliphatic carbocycles. The van der Waals surface area contributed by atoms with Crippen LogP contribution in [0.3, 0.4) is 0 Å². The SMILES string of the molecule is COc1cccc(Cn2nc(C(C)C)c3cnn(C(C)(C)C)c3c2=O)c1. The van der Waals surface area contributed by atoms with Crippen molar-refractivity contribution in [3.8, 4) is 5.75 Å². The number of nitrogens with zero attached hydrogens (tertiary/aromatic N) is 4.